The molecule has 5 aromatic rings. The van der Waals surface area contributed by atoms with Crippen LogP contribution in [0.5, 0.6) is 0 Å². The van der Waals surface area contributed by atoms with Gasteiger partial charge in [0.25, 0.3) is 5.91 Å². The normalized spacial score (nSPS) is 20.8. The van der Waals surface area contributed by atoms with Crippen LogP contribution in [0, 0.1) is 0 Å². The molecule has 3 atom stereocenters. The number of fused-ring (bicyclic) bond motifs is 1. The maximum atomic E-state index is 14.8. The number of amides is 2. The highest BCUT2D eigenvalue weighted by molar-refractivity contribution is 6.35. The van der Waals surface area contributed by atoms with Gasteiger partial charge >= 0.3 is 6.09 Å². The second kappa shape index (κ2) is 15.4. The molecular formula is C41H43Cl3N6O3. The maximum absolute atomic E-state index is 14.8. The average molecular weight is 774 g/mol. The van der Waals surface area contributed by atoms with Gasteiger partial charge in [-0.05, 0) is 68.9 Å². The van der Waals surface area contributed by atoms with Gasteiger partial charge in [0.15, 0.2) is 0 Å². The highest BCUT2D eigenvalue weighted by Gasteiger charge is 2.37. The summed E-state index contributed by atoms with van der Waals surface area (Å²) in [5.41, 5.74) is 5.34. The second-order valence-electron chi connectivity index (χ2n) is 14.5. The first-order chi connectivity index (χ1) is 25.8. The number of imidazole rings is 1. The van der Waals surface area contributed by atoms with Gasteiger partial charge in [0.1, 0.15) is 5.69 Å². The summed E-state index contributed by atoms with van der Waals surface area (Å²) in [4.78, 5) is 40.1. The van der Waals surface area contributed by atoms with Crippen molar-refractivity contribution in [2.45, 2.75) is 76.0 Å². The van der Waals surface area contributed by atoms with Crippen molar-refractivity contribution >= 4 is 57.7 Å². The Kier molecular flexibility index (Phi) is 10.4. The number of piperidine rings is 1. The van der Waals surface area contributed by atoms with Gasteiger partial charge in [0.2, 0.25) is 0 Å². The van der Waals surface area contributed by atoms with Crippen LogP contribution in [0.1, 0.15) is 74.0 Å². The highest BCUT2D eigenvalue weighted by atomic mass is 35.5. The van der Waals surface area contributed by atoms with Crippen LogP contribution in [0.15, 0.2) is 73.1 Å². The van der Waals surface area contributed by atoms with E-state index >= 15 is 0 Å². The molecule has 1 unspecified atom stereocenters. The lowest BCUT2D eigenvalue weighted by Crippen LogP contribution is -2.57. The first-order valence-electron chi connectivity index (χ1n) is 18.6. The Labute approximate surface area is 324 Å². The molecule has 1 aliphatic carbocycles. The number of carbonyl (C=O) groups excluding carboxylic acids is 2. The minimum absolute atomic E-state index is 0.0269. The number of benzene rings is 3. The van der Waals surface area contributed by atoms with Gasteiger partial charge in [-0.25, -0.2) is 9.78 Å². The third-order valence-corrected chi connectivity index (χ3v) is 12.2. The van der Waals surface area contributed by atoms with Gasteiger partial charge in [-0.15, -0.1) is 0 Å². The molecule has 276 valence electrons. The molecular weight excluding hydrogens is 731 g/mol. The van der Waals surface area contributed by atoms with E-state index in [1.165, 1.54) is 0 Å². The smallest absolute Gasteiger partial charge is 0.410 e. The Morgan fingerprint density at radius 3 is 2.45 bits per heavy atom. The fourth-order valence-electron chi connectivity index (χ4n) is 8.67. The number of halogens is 3. The molecule has 2 aromatic heterocycles. The number of hydrogen-bond acceptors (Lipinski definition) is 5. The van der Waals surface area contributed by atoms with Crippen molar-refractivity contribution in [3.05, 3.63) is 99.4 Å². The zero-order valence-electron chi connectivity index (χ0n) is 29.7. The molecule has 3 aliphatic rings. The van der Waals surface area contributed by atoms with Crippen LogP contribution in [0.25, 0.3) is 33.4 Å². The zero-order chi connectivity index (χ0) is 36.6. The van der Waals surface area contributed by atoms with Crippen LogP contribution >= 0.6 is 34.8 Å². The summed E-state index contributed by atoms with van der Waals surface area (Å²) in [6.07, 6.45) is 8.42. The molecule has 9 nitrogen and oxygen atoms in total. The molecule has 0 spiro atoms. The number of rotatable bonds is 8. The standard InChI is InChI=1S/C41H43Cl3N6O3/c1-25(30-14-12-27(42)22-32(30)44)50-24-45-37(26-8-3-2-4-9-26)39(50)36-31-15-13-28(43)23-34(31)46-38(36)40(51)47-33-10-5-6-11-35(33)48-19-16-29(17-20-48)49-18-7-21-53-41(49)52/h2-4,8-9,12-15,22-25,29,33,35,46H,5-7,10-11,16-21H2,1H3,(H,47,51)/t25-,33-,35?/m0/s1. The number of nitrogens with one attached hydrogen (secondary N) is 2. The molecule has 2 N–H and O–H groups in total. The highest BCUT2D eigenvalue weighted by Crippen LogP contribution is 2.42. The van der Waals surface area contributed by atoms with Crippen molar-refractivity contribution in [1.82, 2.24) is 29.7 Å². The lowest BCUT2D eigenvalue weighted by Gasteiger charge is -2.45. The van der Waals surface area contributed by atoms with E-state index in [9.17, 15) is 9.59 Å². The summed E-state index contributed by atoms with van der Waals surface area (Å²) >= 11 is 19.6. The number of aromatic amines is 1. The van der Waals surface area contributed by atoms with E-state index in [-0.39, 0.29) is 36.2 Å². The van der Waals surface area contributed by atoms with Gasteiger partial charge < -0.3 is 24.5 Å². The summed E-state index contributed by atoms with van der Waals surface area (Å²) in [5.74, 6) is -0.167. The monoisotopic (exact) mass is 772 g/mol. The molecule has 4 heterocycles. The number of hydrogen-bond donors (Lipinski definition) is 2. The topological polar surface area (TPSA) is 95.5 Å². The Morgan fingerprint density at radius 2 is 1.68 bits per heavy atom. The summed E-state index contributed by atoms with van der Waals surface area (Å²) < 4.78 is 7.43. The van der Waals surface area contributed by atoms with Gasteiger partial charge in [-0.1, -0.05) is 90.1 Å². The van der Waals surface area contributed by atoms with Crippen LogP contribution in [0.4, 0.5) is 4.79 Å². The van der Waals surface area contributed by atoms with Crippen LogP contribution in [0.2, 0.25) is 15.1 Å². The fraction of sp³-hybridized carbons (Fsp3) is 0.390. The summed E-state index contributed by atoms with van der Waals surface area (Å²) in [7, 11) is 0. The van der Waals surface area contributed by atoms with Crippen LogP contribution in [-0.4, -0.2) is 80.7 Å². The summed E-state index contributed by atoms with van der Waals surface area (Å²) in [6.45, 7) is 5.11. The van der Waals surface area contributed by atoms with E-state index in [0.717, 1.165) is 104 Å². The van der Waals surface area contributed by atoms with E-state index in [1.807, 2.05) is 71.9 Å². The van der Waals surface area contributed by atoms with Crippen LogP contribution < -0.4 is 5.32 Å². The molecule has 12 heteroatoms. The van der Waals surface area contributed by atoms with E-state index in [2.05, 4.69) is 26.7 Å². The molecule has 3 aromatic carbocycles. The van der Waals surface area contributed by atoms with Crippen molar-refractivity contribution in [1.29, 1.82) is 0 Å². The second-order valence-corrected chi connectivity index (χ2v) is 15.8. The SMILES string of the molecule is C[C@@H](c1ccc(Cl)cc1Cl)n1cnc(-c2ccccc2)c1-c1c(C(=O)N[C@H]2CCCCC2N2CCC(N3CCCOC3=O)CC2)[nH]c2cc(Cl)ccc12. The zero-order valence-corrected chi connectivity index (χ0v) is 31.9. The molecule has 53 heavy (non-hydrogen) atoms. The van der Waals surface area contributed by atoms with Crippen molar-refractivity contribution in [2.24, 2.45) is 0 Å². The fourth-order valence-corrected chi connectivity index (χ4v) is 9.41. The van der Waals surface area contributed by atoms with Crippen LogP contribution in [0.3, 0.4) is 0 Å². The number of aromatic nitrogens is 3. The lowest BCUT2D eigenvalue weighted by atomic mass is 9.87. The number of nitrogens with zero attached hydrogens (tertiary/aromatic N) is 4. The quantitative estimate of drug-likeness (QED) is 0.164. The Morgan fingerprint density at radius 1 is 0.925 bits per heavy atom. The van der Waals surface area contributed by atoms with E-state index in [0.29, 0.717) is 27.4 Å². The van der Waals surface area contributed by atoms with Gasteiger partial charge in [-0.2, -0.15) is 0 Å². The summed E-state index contributed by atoms with van der Waals surface area (Å²) in [5, 5.41) is 6.06. The van der Waals surface area contributed by atoms with E-state index < -0.39 is 0 Å². The van der Waals surface area contributed by atoms with Gasteiger partial charge in [0.05, 0.1) is 30.4 Å². The summed E-state index contributed by atoms with van der Waals surface area (Å²) in [6, 6.07) is 21.4. The maximum Gasteiger partial charge on any atom is 0.410 e. The molecule has 3 fully saturated rings. The largest absolute Gasteiger partial charge is 0.449 e. The minimum Gasteiger partial charge on any atom is -0.449 e. The van der Waals surface area contributed by atoms with Crippen LogP contribution in [-0.2, 0) is 4.74 Å². The predicted molar refractivity (Wildman–Crippen MR) is 211 cm³/mol. The minimum atomic E-state index is -0.245. The Hall–Kier alpha value is -4.02. The number of cyclic esters (lactones) is 1. The molecule has 0 radical (unpaired) electrons. The van der Waals surface area contributed by atoms with E-state index in [4.69, 9.17) is 44.5 Å². The number of ether oxygens (including phenoxy) is 1. The Balaban J connectivity index is 1.15. The number of H-pyrrole nitrogens is 1. The number of carbonyl (C=O) groups is 2. The van der Waals surface area contributed by atoms with Gasteiger partial charge in [-0.3, -0.25) is 9.69 Å². The Bertz CT molecular complexity index is 2130. The third-order valence-electron chi connectivity index (χ3n) is 11.4. The third kappa shape index (κ3) is 7.17. The van der Waals surface area contributed by atoms with Crippen molar-refractivity contribution in [3.8, 4) is 22.5 Å². The predicted octanol–water partition coefficient (Wildman–Crippen LogP) is 9.62. The first kappa shape index (κ1) is 36.0. The molecule has 2 aliphatic heterocycles. The molecule has 8 rings (SSSR count). The molecule has 0 bridgehead atoms. The lowest BCUT2D eigenvalue weighted by molar-refractivity contribution is 0.0237. The van der Waals surface area contributed by atoms with Gasteiger partial charge in [0, 0.05) is 74.9 Å². The van der Waals surface area contributed by atoms with E-state index in [1.54, 1.807) is 6.07 Å². The molecule has 2 amide bonds. The first-order valence-corrected chi connectivity index (χ1v) is 19.8. The van der Waals surface area contributed by atoms with Crippen molar-refractivity contribution < 1.29 is 14.3 Å². The average Bonchev–Trinajstić information content (AvgIpc) is 3.77. The molecule has 2 saturated heterocycles. The van der Waals surface area contributed by atoms with Crippen molar-refractivity contribution in [3.63, 3.8) is 0 Å². The van der Waals surface area contributed by atoms with Crippen molar-refractivity contribution in [2.75, 3.05) is 26.2 Å². The number of likely N-dealkylation sites (tertiary alicyclic amines) is 1. The molecule has 1 saturated carbocycles.